The van der Waals surface area contributed by atoms with Crippen molar-refractivity contribution in [3.63, 3.8) is 0 Å². The summed E-state index contributed by atoms with van der Waals surface area (Å²) in [7, 11) is -3.87. The van der Waals surface area contributed by atoms with E-state index in [0.29, 0.717) is 5.56 Å². The molecule has 0 radical (unpaired) electrons. The van der Waals surface area contributed by atoms with Crippen molar-refractivity contribution in [2.45, 2.75) is 11.8 Å². The van der Waals surface area contributed by atoms with Crippen LogP contribution in [0.25, 0.3) is 0 Å². The molecule has 2 rings (SSSR count). The van der Waals surface area contributed by atoms with E-state index in [1.807, 2.05) is 0 Å². The average molecular weight is 379 g/mol. The minimum Gasteiger partial charge on any atom is -0.326 e. The zero-order chi connectivity index (χ0) is 14.9. The maximum atomic E-state index is 12.2. The third-order valence-corrected chi connectivity index (χ3v) is 4.45. The monoisotopic (exact) mass is 377 g/mol. The van der Waals surface area contributed by atoms with E-state index in [9.17, 15) is 13.2 Å². The van der Waals surface area contributed by atoms with Gasteiger partial charge in [0.25, 0.3) is 15.6 Å². The van der Waals surface area contributed by atoms with E-state index in [1.165, 1.54) is 6.20 Å². The number of aromatic nitrogens is 2. The Morgan fingerprint density at radius 2 is 2.10 bits per heavy atom. The number of sulfonamides is 1. The van der Waals surface area contributed by atoms with Crippen LogP contribution in [-0.4, -0.2) is 18.4 Å². The highest BCUT2D eigenvalue weighted by Crippen LogP contribution is 2.20. The summed E-state index contributed by atoms with van der Waals surface area (Å²) < 4.78 is 27.4. The Labute approximate surface area is 128 Å². The Morgan fingerprint density at radius 1 is 1.40 bits per heavy atom. The van der Waals surface area contributed by atoms with Crippen LogP contribution < -0.4 is 10.3 Å². The lowest BCUT2D eigenvalue weighted by atomic mass is 10.3. The number of rotatable bonds is 3. The maximum Gasteiger partial charge on any atom is 0.266 e. The molecule has 2 heterocycles. The molecule has 0 bridgehead atoms. The van der Waals surface area contributed by atoms with Crippen molar-refractivity contribution in [3.05, 3.63) is 49.9 Å². The van der Waals surface area contributed by atoms with E-state index in [-0.39, 0.29) is 15.7 Å². The van der Waals surface area contributed by atoms with Gasteiger partial charge in [0.05, 0.1) is 0 Å². The molecule has 0 saturated heterocycles. The van der Waals surface area contributed by atoms with Gasteiger partial charge in [-0.15, -0.1) is 0 Å². The normalized spacial score (nSPS) is 11.3. The van der Waals surface area contributed by atoms with Crippen molar-refractivity contribution in [3.8, 4) is 0 Å². The van der Waals surface area contributed by atoms with E-state index < -0.39 is 15.6 Å². The summed E-state index contributed by atoms with van der Waals surface area (Å²) in [5, 5.41) is -0.201. The number of aryl methyl sites for hydroxylation is 1. The number of nitrogens with zero attached hydrogens (tertiary/aromatic N) is 1. The number of aromatic amines is 1. The van der Waals surface area contributed by atoms with Crippen molar-refractivity contribution in [1.29, 1.82) is 0 Å². The summed E-state index contributed by atoms with van der Waals surface area (Å²) in [6.07, 6.45) is 2.55. The highest BCUT2D eigenvalue weighted by molar-refractivity contribution is 9.10. The van der Waals surface area contributed by atoms with Crippen LogP contribution >= 0.6 is 27.5 Å². The number of nitrogens with one attached hydrogen (secondary N) is 2. The Bertz CT molecular complexity index is 820. The molecule has 9 heteroatoms. The van der Waals surface area contributed by atoms with Crippen LogP contribution in [0.15, 0.2) is 38.7 Å². The lowest BCUT2D eigenvalue weighted by Crippen LogP contribution is -2.17. The van der Waals surface area contributed by atoms with Gasteiger partial charge in [0.15, 0.2) is 0 Å². The van der Waals surface area contributed by atoms with Gasteiger partial charge in [-0.1, -0.05) is 11.6 Å². The average Bonchev–Trinajstić information content (AvgIpc) is 2.36. The number of hydrogen-bond acceptors (Lipinski definition) is 4. The van der Waals surface area contributed by atoms with Crippen LogP contribution in [0.3, 0.4) is 0 Å². The van der Waals surface area contributed by atoms with Crippen LogP contribution in [0.1, 0.15) is 5.56 Å². The predicted molar refractivity (Wildman–Crippen MR) is 79.6 cm³/mol. The van der Waals surface area contributed by atoms with Crippen molar-refractivity contribution < 1.29 is 8.42 Å². The first-order chi connectivity index (χ1) is 9.29. The molecule has 0 aliphatic rings. The number of anilines is 1. The summed E-state index contributed by atoms with van der Waals surface area (Å²) >= 11 is 8.86. The van der Waals surface area contributed by atoms with Gasteiger partial charge in [0.1, 0.15) is 15.7 Å². The number of pyridine rings is 2. The van der Waals surface area contributed by atoms with Crippen molar-refractivity contribution in [2.75, 3.05) is 4.72 Å². The summed E-state index contributed by atoms with van der Waals surface area (Å²) in [4.78, 5) is 17.2. The third kappa shape index (κ3) is 3.20. The molecule has 0 spiro atoms. The first-order valence-electron chi connectivity index (χ1n) is 5.33. The van der Waals surface area contributed by atoms with Crippen molar-refractivity contribution in [2.24, 2.45) is 0 Å². The second kappa shape index (κ2) is 5.55. The fourth-order valence-corrected chi connectivity index (χ4v) is 3.18. The maximum absolute atomic E-state index is 12.2. The minimum absolute atomic E-state index is 0.147. The summed E-state index contributed by atoms with van der Waals surface area (Å²) in [6.45, 7) is 1.72. The van der Waals surface area contributed by atoms with E-state index in [1.54, 1.807) is 13.0 Å². The quantitative estimate of drug-likeness (QED) is 0.857. The molecular weight excluding hydrogens is 370 g/mol. The summed E-state index contributed by atoms with van der Waals surface area (Å²) in [5.74, 6) is 0.204. The van der Waals surface area contributed by atoms with E-state index in [4.69, 9.17) is 11.6 Å². The van der Waals surface area contributed by atoms with Gasteiger partial charge >= 0.3 is 0 Å². The Hall–Kier alpha value is -1.38. The molecule has 6 nitrogen and oxygen atoms in total. The molecule has 0 atom stereocenters. The van der Waals surface area contributed by atoms with Crippen LogP contribution in [0.2, 0.25) is 5.02 Å². The topological polar surface area (TPSA) is 91.9 Å². The van der Waals surface area contributed by atoms with E-state index in [2.05, 4.69) is 30.6 Å². The summed E-state index contributed by atoms with van der Waals surface area (Å²) in [6, 6.07) is 2.81. The molecule has 2 N–H and O–H groups in total. The molecule has 0 unspecified atom stereocenters. The van der Waals surface area contributed by atoms with Gasteiger partial charge in [-0.05, 0) is 40.5 Å². The summed E-state index contributed by atoms with van der Waals surface area (Å²) in [5.41, 5.74) is 0.0991. The van der Waals surface area contributed by atoms with Gasteiger partial charge < -0.3 is 4.98 Å². The number of H-pyrrole nitrogens is 1. The van der Waals surface area contributed by atoms with Gasteiger partial charge in [-0.2, -0.15) is 0 Å². The lowest BCUT2D eigenvalue weighted by Gasteiger charge is -2.09. The third-order valence-electron chi connectivity index (χ3n) is 2.42. The van der Waals surface area contributed by atoms with Crippen LogP contribution in [0, 0.1) is 6.92 Å². The van der Waals surface area contributed by atoms with Gasteiger partial charge in [-0.3, -0.25) is 9.52 Å². The SMILES string of the molecule is Cc1cc(Br)cnc1NS(=O)(=O)c1c[nH]c(=O)c(Cl)c1. The number of halogens is 2. The Balaban J connectivity index is 2.40. The standard InChI is InChI=1S/C11H9BrClN3O3S/c1-6-2-7(12)4-14-10(6)16-20(18,19)8-3-9(13)11(17)15-5-8/h2-5H,1H3,(H,14,16)(H,15,17). The Kier molecular flexibility index (Phi) is 4.17. The van der Waals surface area contributed by atoms with Gasteiger partial charge in [0, 0.05) is 16.9 Å². The van der Waals surface area contributed by atoms with E-state index >= 15 is 0 Å². The van der Waals surface area contributed by atoms with E-state index in [0.717, 1.165) is 16.7 Å². The number of hydrogen-bond donors (Lipinski definition) is 2. The van der Waals surface area contributed by atoms with Crippen LogP contribution in [0.5, 0.6) is 0 Å². The molecule has 20 heavy (non-hydrogen) atoms. The fourth-order valence-electron chi connectivity index (χ4n) is 1.43. The minimum atomic E-state index is -3.87. The second-order valence-electron chi connectivity index (χ2n) is 3.94. The fraction of sp³-hybridized carbons (Fsp3) is 0.0909. The second-order valence-corrected chi connectivity index (χ2v) is 6.94. The largest absolute Gasteiger partial charge is 0.326 e. The molecule has 0 saturated carbocycles. The van der Waals surface area contributed by atoms with Crippen molar-refractivity contribution >= 4 is 43.4 Å². The highest BCUT2D eigenvalue weighted by atomic mass is 79.9. The molecule has 2 aromatic rings. The first kappa shape index (κ1) is 15.0. The molecule has 0 fully saturated rings. The molecule has 0 aromatic carbocycles. The first-order valence-corrected chi connectivity index (χ1v) is 7.98. The molecule has 0 amide bonds. The van der Waals surface area contributed by atoms with Crippen molar-refractivity contribution in [1.82, 2.24) is 9.97 Å². The Morgan fingerprint density at radius 3 is 2.70 bits per heavy atom. The molecule has 2 aromatic heterocycles. The molecular formula is C11H9BrClN3O3S. The zero-order valence-corrected chi connectivity index (χ0v) is 13.3. The van der Waals surface area contributed by atoms with Crippen LogP contribution in [-0.2, 0) is 10.0 Å². The smallest absolute Gasteiger partial charge is 0.266 e. The van der Waals surface area contributed by atoms with Gasteiger partial charge in [0.2, 0.25) is 0 Å². The van der Waals surface area contributed by atoms with Crippen LogP contribution in [0.4, 0.5) is 5.82 Å². The highest BCUT2D eigenvalue weighted by Gasteiger charge is 2.17. The van der Waals surface area contributed by atoms with Gasteiger partial charge in [-0.25, -0.2) is 13.4 Å². The molecule has 0 aliphatic heterocycles. The zero-order valence-electron chi connectivity index (χ0n) is 10.1. The lowest BCUT2D eigenvalue weighted by molar-refractivity contribution is 0.600. The predicted octanol–water partition coefficient (Wildman–Crippen LogP) is 2.30. The molecule has 0 aliphatic carbocycles. The molecule has 106 valence electrons.